The van der Waals surface area contributed by atoms with Crippen LogP contribution in [0.2, 0.25) is 0 Å². The maximum absolute atomic E-state index is 12.9. The fraction of sp³-hybridized carbons (Fsp3) is 0.429. The Morgan fingerprint density at radius 3 is 2.56 bits per heavy atom. The zero-order valence-corrected chi connectivity index (χ0v) is 16.9. The average Bonchev–Trinajstić information content (AvgIpc) is 2.94. The first-order valence-electron chi connectivity index (χ1n) is 8.97. The van der Waals surface area contributed by atoms with Gasteiger partial charge in [0, 0.05) is 12.2 Å². The number of aromatic nitrogens is 1. The normalized spacial score (nSPS) is 12.1. The number of nitrogens with one attached hydrogen (secondary N) is 1. The van der Waals surface area contributed by atoms with E-state index in [9.17, 15) is 9.59 Å². The van der Waals surface area contributed by atoms with Crippen molar-refractivity contribution in [3.05, 3.63) is 52.3 Å². The van der Waals surface area contributed by atoms with Crippen molar-refractivity contribution in [1.29, 1.82) is 0 Å². The number of esters is 1. The molecule has 0 aliphatic carbocycles. The van der Waals surface area contributed by atoms with Crippen LogP contribution in [0.3, 0.4) is 0 Å². The molecule has 0 aliphatic heterocycles. The molecule has 0 spiro atoms. The van der Waals surface area contributed by atoms with Crippen LogP contribution >= 0.6 is 0 Å². The number of aryl methyl sites for hydroxylation is 2. The van der Waals surface area contributed by atoms with E-state index in [1.807, 2.05) is 50.1 Å². The molecule has 0 aliphatic rings. The van der Waals surface area contributed by atoms with Crippen LogP contribution in [-0.2, 0) is 4.74 Å². The first kappa shape index (κ1) is 20.7. The predicted molar refractivity (Wildman–Crippen MR) is 105 cm³/mol. The highest BCUT2D eigenvalue weighted by Crippen LogP contribution is 2.21. The summed E-state index contributed by atoms with van der Waals surface area (Å²) in [5.41, 5.74) is 3.29. The fourth-order valence-electron chi connectivity index (χ4n) is 3.02. The fourth-order valence-corrected chi connectivity index (χ4v) is 3.02. The van der Waals surface area contributed by atoms with E-state index in [1.165, 1.54) is 7.11 Å². The SMILES string of the molecule is COC(=O)c1c(C)[nH]c(C(=O)[C@H](C)N(C)CCOc2cccc(C)c2)c1C. The molecule has 0 saturated heterocycles. The molecule has 2 rings (SSSR count). The highest BCUT2D eigenvalue weighted by atomic mass is 16.5. The van der Waals surface area contributed by atoms with Gasteiger partial charge in [0.15, 0.2) is 5.78 Å². The summed E-state index contributed by atoms with van der Waals surface area (Å²) in [5.74, 6) is 0.317. The van der Waals surface area contributed by atoms with Crippen LogP contribution in [0.4, 0.5) is 0 Å². The van der Waals surface area contributed by atoms with Gasteiger partial charge in [0.1, 0.15) is 12.4 Å². The summed E-state index contributed by atoms with van der Waals surface area (Å²) < 4.78 is 10.6. The molecule has 0 amide bonds. The van der Waals surface area contributed by atoms with Crippen molar-refractivity contribution in [3.8, 4) is 5.75 Å². The van der Waals surface area contributed by atoms with E-state index in [0.29, 0.717) is 35.7 Å². The number of ether oxygens (including phenoxy) is 2. The van der Waals surface area contributed by atoms with Crippen molar-refractivity contribution in [2.24, 2.45) is 0 Å². The molecule has 2 aromatic rings. The minimum atomic E-state index is -0.437. The summed E-state index contributed by atoms with van der Waals surface area (Å²) in [6, 6.07) is 7.52. The van der Waals surface area contributed by atoms with E-state index in [1.54, 1.807) is 13.8 Å². The molecule has 1 N–H and O–H groups in total. The number of rotatable bonds is 8. The molecule has 0 saturated carbocycles. The lowest BCUT2D eigenvalue weighted by Crippen LogP contribution is -2.38. The highest BCUT2D eigenvalue weighted by Gasteiger charge is 2.27. The van der Waals surface area contributed by atoms with Gasteiger partial charge in [0.05, 0.1) is 24.4 Å². The molecule has 0 unspecified atom stereocenters. The Morgan fingerprint density at radius 1 is 1.22 bits per heavy atom. The Kier molecular flexibility index (Phi) is 6.80. The average molecular weight is 372 g/mol. The lowest BCUT2D eigenvalue weighted by Gasteiger charge is -2.23. The lowest BCUT2D eigenvalue weighted by atomic mass is 10.0. The van der Waals surface area contributed by atoms with Gasteiger partial charge in [-0.05, 0) is 58.0 Å². The molecule has 0 bridgehead atoms. The van der Waals surface area contributed by atoms with Crippen molar-refractivity contribution in [2.75, 3.05) is 27.3 Å². The van der Waals surface area contributed by atoms with Gasteiger partial charge in [-0.1, -0.05) is 12.1 Å². The second-order valence-corrected chi connectivity index (χ2v) is 6.80. The van der Waals surface area contributed by atoms with Gasteiger partial charge in [-0.25, -0.2) is 4.79 Å². The monoisotopic (exact) mass is 372 g/mol. The van der Waals surface area contributed by atoms with Crippen LogP contribution in [0.1, 0.15) is 44.6 Å². The number of benzene rings is 1. The summed E-state index contributed by atoms with van der Waals surface area (Å²) in [6.07, 6.45) is 0. The second kappa shape index (κ2) is 8.86. The van der Waals surface area contributed by atoms with Gasteiger partial charge in [0.2, 0.25) is 0 Å². The number of Topliss-reactive ketones (excluding diaryl/α,β-unsaturated/α-hetero) is 1. The van der Waals surface area contributed by atoms with Crippen LogP contribution in [0.5, 0.6) is 5.75 Å². The minimum absolute atomic E-state index is 0.0659. The predicted octanol–water partition coefficient (Wildman–Crippen LogP) is 3.31. The largest absolute Gasteiger partial charge is 0.492 e. The number of hydrogen-bond acceptors (Lipinski definition) is 5. The third-order valence-corrected chi connectivity index (χ3v) is 4.82. The maximum Gasteiger partial charge on any atom is 0.339 e. The van der Waals surface area contributed by atoms with E-state index in [-0.39, 0.29) is 11.8 Å². The molecule has 0 radical (unpaired) electrons. The highest BCUT2D eigenvalue weighted by molar-refractivity contribution is 6.03. The van der Waals surface area contributed by atoms with Crippen molar-refractivity contribution in [1.82, 2.24) is 9.88 Å². The number of methoxy groups -OCH3 is 1. The third-order valence-electron chi connectivity index (χ3n) is 4.82. The van der Waals surface area contributed by atoms with E-state index < -0.39 is 5.97 Å². The first-order valence-corrected chi connectivity index (χ1v) is 8.97. The van der Waals surface area contributed by atoms with Crippen molar-refractivity contribution in [3.63, 3.8) is 0 Å². The molecule has 0 fully saturated rings. The number of carbonyl (C=O) groups is 2. The van der Waals surface area contributed by atoms with Gasteiger partial charge in [-0.3, -0.25) is 9.69 Å². The molecular formula is C21H28N2O4. The Labute approximate surface area is 160 Å². The summed E-state index contributed by atoms with van der Waals surface area (Å²) in [7, 11) is 3.22. The zero-order chi connectivity index (χ0) is 20.1. The molecule has 146 valence electrons. The summed E-state index contributed by atoms with van der Waals surface area (Å²) in [6.45, 7) is 8.47. The van der Waals surface area contributed by atoms with Gasteiger partial charge in [0.25, 0.3) is 0 Å². The number of aromatic amines is 1. The Bertz CT molecular complexity index is 826. The molecule has 6 nitrogen and oxygen atoms in total. The van der Waals surface area contributed by atoms with Gasteiger partial charge in [-0.2, -0.15) is 0 Å². The maximum atomic E-state index is 12.9. The first-order chi connectivity index (χ1) is 12.8. The van der Waals surface area contributed by atoms with E-state index in [4.69, 9.17) is 9.47 Å². The summed E-state index contributed by atoms with van der Waals surface area (Å²) in [5, 5.41) is 0. The summed E-state index contributed by atoms with van der Waals surface area (Å²) in [4.78, 5) is 29.8. The van der Waals surface area contributed by atoms with Crippen molar-refractivity contribution in [2.45, 2.75) is 33.7 Å². The molecule has 27 heavy (non-hydrogen) atoms. The standard InChI is InChI=1S/C21H28N2O4/c1-13-8-7-9-17(12-13)27-11-10-23(5)16(4)20(24)19-14(2)18(15(3)22-19)21(25)26-6/h7-9,12,16,22H,10-11H2,1-6H3/t16-/m0/s1. The summed E-state index contributed by atoms with van der Waals surface area (Å²) >= 11 is 0. The molecule has 1 aromatic carbocycles. The zero-order valence-electron chi connectivity index (χ0n) is 16.9. The van der Waals surface area contributed by atoms with Crippen LogP contribution < -0.4 is 4.74 Å². The van der Waals surface area contributed by atoms with Crippen molar-refractivity contribution < 1.29 is 19.1 Å². The second-order valence-electron chi connectivity index (χ2n) is 6.80. The van der Waals surface area contributed by atoms with Gasteiger partial charge < -0.3 is 14.5 Å². The quantitative estimate of drug-likeness (QED) is 0.569. The number of likely N-dealkylation sites (N-methyl/N-ethyl adjacent to an activating group) is 1. The number of H-pyrrole nitrogens is 1. The Hall–Kier alpha value is -2.60. The van der Waals surface area contributed by atoms with Crippen LogP contribution in [-0.4, -0.2) is 55.0 Å². The van der Waals surface area contributed by atoms with Crippen LogP contribution in [0, 0.1) is 20.8 Å². The minimum Gasteiger partial charge on any atom is -0.492 e. The van der Waals surface area contributed by atoms with E-state index in [2.05, 4.69) is 4.98 Å². The van der Waals surface area contributed by atoms with E-state index in [0.717, 1.165) is 11.3 Å². The number of ketones is 1. The topological polar surface area (TPSA) is 71.6 Å². The Morgan fingerprint density at radius 2 is 1.93 bits per heavy atom. The number of carbonyl (C=O) groups excluding carboxylic acids is 2. The molecule has 1 heterocycles. The smallest absolute Gasteiger partial charge is 0.339 e. The van der Waals surface area contributed by atoms with E-state index >= 15 is 0 Å². The van der Waals surface area contributed by atoms with Crippen LogP contribution in [0.15, 0.2) is 24.3 Å². The van der Waals surface area contributed by atoms with Crippen molar-refractivity contribution >= 4 is 11.8 Å². The van der Waals surface area contributed by atoms with Gasteiger partial charge >= 0.3 is 5.97 Å². The number of hydrogen-bond donors (Lipinski definition) is 1. The molecule has 1 aromatic heterocycles. The van der Waals surface area contributed by atoms with Crippen LogP contribution in [0.25, 0.3) is 0 Å². The molecular weight excluding hydrogens is 344 g/mol. The molecule has 6 heteroatoms. The Balaban J connectivity index is 2.01. The van der Waals surface area contributed by atoms with Gasteiger partial charge in [-0.15, -0.1) is 0 Å². The molecule has 1 atom stereocenters. The number of nitrogens with zero attached hydrogens (tertiary/aromatic N) is 1. The third kappa shape index (κ3) is 4.77. The lowest BCUT2D eigenvalue weighted by molar-refractivity contribution is 0.0599.